The maximum Gasteiger partial charge on any atom is 0.275 e. The molecule has 168 valence electrons. The Bertz CT molecular complexity index is 1050. The van der Waals surface area contributed by atoms with Gasteiger partial charge in [-0.05, 0) is 55.1 Å². The fourth-order valence-electron chi connectivity index (χ4n) is 4.28. The zero-order chi connectivity index (χ0) is 22.7. The molecule has 2 aromatic carbocycles. The van der Waals surface area contributed by atoms with E-state index in [0.717, 1.165) is 24.2 Å². The fraction of sp³-hybridized carbons (Fsp3) is 0.375. The molecule has 2 heterocycles. The van der Waals surface area contributed by atoms with Crippen molar-refractivity contribution in [2.45, 2.75) is 24.9 Å². The molecule has 0 saturated carbocycles. The molecule has 1 N–H and O–H groups in total. The van der Waals surface area contributed by atoms with Crippen LogP contribution in [0.5, 0.6) is 11.5 Å². The number of amides is 1. The Labute approximate surface area is 192 Å². The van der Waals surface area contributed by atoms with E-state index in [0.29, 0.717) is 35.1 Å². The van der Waals surface area contributed by atoms with Crippen LogP contribution in [0.15, 0.2) is 47.5 Å². The van der Waals surface area contributed by atoms with Gasteiger partial charge in [-0.15, -0.1) is 0 Å². The van der Waals surface area contributed by atoms with E-state index in [9.17, 15) is 9.59 Å². The highest BCUT2D eigenvalue weighted by Gasteiger charge is 2.48. The molecule has 2 aliphatic heterocycles. The SMILES string of the molecule is COc1ccc(C2=NC3(CCNCC3)N(CC(=O)Cc3ccc(OC)c(Cl)c3)C2=O)cc1. The number of carbonyl (C=O) groups excluding carboxylic acids is 2. The zero-order valence-electron chi connectivity index (χ0n) is 18.2. The predicted molar refractivity (Wildman–Crippen MR) is 123 cm³/mol. The average Bonchev–Trinajstić information content (AvgIpc) is 3.05. The summed E-state index contributed by atoms with van der Waals surface area (Å²) in [7, 11) is 3.14. The second kappa shape index (κ2) is 9.30. The molecule has 0 unspecified atom stereocenters. The Morgan fingerprint density at radius 2 is 1.84 bits per heavy atom. The summed E-state index contributed by atoms with van der Waals surface area (Å²) in [4.78, 5) is 32.9. The summed E-state index contributed by atoms with van der Waals surface area (Å²) in [6, 6.07) is 12.6. The summed E-state index contributed by atoms with van der Waals surface area (Å²) in [6.07, 6.45) is 1.51. The number of benzene rings is 2. The van der Waals surface area contributed by atoms with E-state index in [4.69, 9.17) is 26.1 Å². The minimum atomic E-state index is -0.690. The number of rotatable bonds is 7. The molecule has 0 radical (unpaired) electrons. The largest absolute Gasteiger partial charge is 0.497 e. The van der Waals surface area contributed by atoms with Crippen molar-refractivity contribution < 1.29 is 19.1 Å². The lowest BCUT2D eigenvalue weighted by atomic mass is 9.97. The molecular weight excluding hydrogens is 430 g/mol. The molecule has 2 aliphatic rings. The van der Waals surface area contributed by atoms with E-state index in [-0.39, 0.29) is 24.7 Å². The lowest BCUT2D eigenvalue weighted by molar-refractivity contribution is -0.134. The smallest absolute Gasteiger partial charge is 0.275 e. The van der Waals surface area contributed by atoms with Gasteiger partial charge in [-0.2, -0.15) is 0 Å². The van der Waals surface area contributed by atoms with Crippen molar-refractivity contribution in [2.75, 3.05) is 33.9 Å². The van der Waals surface area contributed by atoms with Crippen molar-refractivity contribution in [3.63, 3.8) is 0 Å². The van der Waals surface area contributed by atoms with Gasteiger partial charge >= 0.3 is 0 Å². The van der Waals surface area contributed by atoms with Gasteiger partial charge in [0.1, 0.15) is 22.9 Å². The fourth-order valence-corrected chi connectivity index (χ4v) is 4.56. The third-order valence-electron chi connectivity index (χ3n) is 5.99. The van der Waals surface area contributed by atoms with Crippen molar-refractivity contribution in [3.05, 3.63) is 58.6 Å². The maximum atomic E-state index is 13.4. The van der Waals surface area contributed by atoms with Crippen LogP contribution in [0.25, 0.3) is 0 Å². The molecule has 1 saturated heterocycles. The molecule has 0 atom stereocenters. The van der Waals surface area contributed by atoms with Crippen LogP contribution in [0.3, 0.4) is 0 Å². The molecule has 32 heavy (non-hydrogen) atoms. The molecule has 1 amide bonds. The van der Waals surface area contributed by atoms with Crippen LogP contribution in [-0.4, -0.2) is 61.8 Å². The quantitative estimate of drug-likeness (QED) is 0.694. The van der Waals surface area contributed by atoms with Crippen LogP contribution in [0, 0.1) is 0 Å². The standard InChI is InChI=1S/C24H26ClN3O4/c1-31-19-6-4-17(5-7-19)22-23(30)28(24(27-22)9-11-26-12-10-24)15-18(29)13-16-3-8-21(32-2)20(25)14-16/h3-8,14,26H,9-13,15H2,1-2H3. The number of nitrogens with zero attached hydrogens (tertiary/aromatic N) is 2. The number of hydrogen-bond acceptors (Lipinski definition) is 6. The highest BCUT2D eigenvalue weighted by molar-refractivity contribution is 6.47. The molecule has 1 spiro atoms. The van der Waals surface area contributed by atoms with E-state index in [1.807, 2.05) is 30.3 Å². The van der Waals surface area contributed by atoms with Crippen molar-refractivity contribution in [2.24, 2.45) is 4.99 Å². The summed E-state index contributed by atoms with van der Waals surface area (Å²) in [5, 5.41) is 3.77. The second-order valence-electron chi connectivity index (χ2n) is 8.00. The molecule has 1 fully saturated rings. The molecule has 7 nitrogen and oxygen atoms in total. The summed E-state index contributed by atoms with van der Waals surface area (Å²) in [5.74, 6) is 0.993. The molecule has 0 aliphatic carbocycles. The van der Waals surface area contributed by atoms with E-state index in [2.05, 4.69) is 5.32 Å². The lowest BCUT2D eigenvalue weighted by Crippen LogP contribution is -2.54. The Morgan fingerprint density at radius 3 is 2.47 bits per heavy atom. The highest BCUT2D eigenvalue weighted by atomic mass is 35.5. The Balaban J connectivity index is 1.55. The number of ether oxygens (including phenoxy) is 2. The summed E-state index contributed by atoms with van der Waals surface area (Å²) in [5.41, 5.74) is 1.22. The number of nitrogens with one attached hydrogen (secondary N) is 1. The number of methoxy groups -OCH3 is 2. The first-order valence-electron chi connectivity index (χ1n) is 10.6. The predicted octanol–water partition coefficient (Wildman–Crippen LogP) is 2.88. The number of carbonyl (C=O) groups is 2. The first kappa shape index (κ1) is 22.3. The monoisotopic (exact) mass is 455 g/mol. The van der Waals surface area contributed by atoms with Gasteiger partial charge in [-0.1, -0.05) is 17.7 Å². The number of piperidine rings is 1. The second-order valence-corrected chi connectivity index (χ2v) is 8.40. The summed E-state index contributed by atoms with van der Waals surface area (Å²) in [6.45, 7) is 1.49. The summed E-state index contributed by atoms with van der Waals surface area (Å²) >= 11 is 6.20. The van der Waals surface area contributed by atoms with E-state index in [1.54, 1.807) is 31.3 Å². The van der Waals surface area contributed by atoms with Crippen LogP contribution in [0.2, 0.25) is 5.02 Å². The van der Waals surface area contributed by atoms with Gasteiger partial charge in [0, 0.05) is 24.8 Å². The van der Waals surface area contributed by atoms with Crippen LogP contribution < -0.4 is 14.8 Å². The third-order valence-corrected chi connectivity index (χ3v) is 6.29. The molecule has 8 heteroatoms. The molecular formula is C24H26ClN3O4. The van der Waals surface area contributed by atoms with Gasteiger partial charge in [-0.3, -0.25) is 14.6 Å². The number of ketones is 1. The maximum absolute atomic E-state index is 13.4. The van der Waals surface area contributed by atoms with Crippen molar-refractivity contribution in [3.8, 4) is 11.5 Å². The summed E-state index contributed by atoms with van der Waals surface area (Å²) < 4.78 is 10.4. The zero-order valence-corrected chi connectivity index (χ0v) is 18.9. The highest BCUT2D eigenvalue weighted by Crippen LogP contribution is 2.35. The van der Waals surface area contributed by atoms with Gasteiger partial charge < -0.3 is 19.7 Å². The third kappa shape index (κ3) is 4.36. The minimum Gasteiger partial charge on any atom is -0.497 e. The Hall–Kier alpha value is -2.90. The van der Waals surface area contributed by atoms with Crippen molar-refractivity contribution in [1.82, 2.24) is 10.2 Å². The molecule has 0 aromatic heterocycles. The van der Waals surface area contributed by atoms with Gasteiger partial charge in [0.2, 0.25) is 0 Å². The first-order valence-corrected chi connectivity index (χ1v) is 10.9. The van der Waals surface area contributed by atoms with Gasteiger partial charge in [-0.25, -0.2) is 0 Å². The average molecular weight is 456 g/mol. The normalized spacial score (nSPS) is 17.4. The lowest BCUT2D eigenvalue weighted by Gasteiger charge is -2.39. The first-order chi connectivity index (χ1) is 15.5. The van der Waals surface area contributed by atoms with Crippen LogP contribution in [0.4, 0.5) is 0 Å². The number of hydrogen-bond donors (Lipinski definition) is 1. The van der Waals surface area contributed by atoms with Crippen LogP contribution >= 0.6 is 11.6 Å². The number of aliphatic imine (C=N–C) groups is 1. The number of halogens is 1. The van der Waals surface area contributed by atoms with Gasteiger partial charge in [0.25, 0.3) is 5.91 Å². The van der Waals surface area contributed by atoms with Gasteiger partial charge in [0.05, 0.1) is 25.8 Å². The Morgan fingerprint density at radius 1 is 1.12 bits per heavy atom. The van der Waals surface area contributed by atoms with Crippen molar-refractivity contribution >= 4 is 29.0 Å². The topological polar surface area (TPSA) is 80.2 Å². The van der Waals surface area contributed by atoms with E-state index < -0.39 is 5.66 Å². The van der Waals surface area contributed by atoms with E-state index in [1.165, 1.54) is 0 Å². The minimum absolute atomic E-state index is 0.00559. The van der Waals surface area contributed by atoms with E-state index >= 15 is 0 Å². The van der Waals surface area contributed by atoms with Crippen LogP contribution in [-0.2, 0) is 16.0 Å². The number of Topliss-reactive ketones (excluding diaryl/α,β-unsaturated/α-hetero) is 1. The molecule has 4 rings (SSSR count). The molecule has 0 bridgehead atoms. The molecule has 2 aromatic rings. The van der Waals surface area contributed by atoms with Gasteiger partial charge in [0.15, 0.2) is 5.78 Å². The Kier molecular flexibility index (Phi) is 6.48. The van der Waals surface area contributed by atoms with Crippen LogP contribution in [0.1, 0.15) is 24.0 Å². The van der Waals surface area contributed by atoms with Crippen molar-refractivity contribution in [1.29, 1.82) is 0 Å².